The maximum atomic E-state index is 12.0. The van der Waals surface area contributed by atoms with E-state index in [0.717, 1.165) is 5.56 Å². The quantitative estimate of drug-likeness (QED) is 0.627. The van der Waals surface area contributed by atoms with Crippen LogP contribution in [0.1, 0.15) is 31.9 Å². The van der Waals surface area contributed by atoms with E-state index in [-0.39, 0.29) is 18.1 Å². The molecule has 0 aliphatic heterocycles. The summed E-state index contributed by atoms with van der Waals surface area (Å²) in [6.07, 6.45) is -3.80. The molecule has 0 aliphatic carbocycles. The van der Waals surface area contributed by atoms with Gasteiger partial charge in [-0.1, -0.05) is 45.0 Å². The first-order valence-corrected chi connectivity index (χ1v) is 6.82. The molecule has 0 saturated heterocycles. The van der Waals surface area contributed by atoms with Gasteiger partial charge in [-0.15, -0.1) is 0 Å². The van der Waals surface area contributed by atoms with Crippen molar-refractivity contribution in [2.24, 2.45) is 5.84 Å². The molecule has 1 unspecified atom stereocenters. The van der Waals surface area contributed by atoms with Crippen molar-refractivity contribution in [2.45, 2.75) is 44.8 Å². The van der Waals surface area contributed by atoms with E-state index in [1.54, 1.807) is 0 Å². The summed E-state index contributed by atoms with van der Waals surface area (Å²) in [6.45, 7) is 5.02. The Kier molecular flexibility index (Phi) is 6.19. The van der Waals surface area contributed by atoms with Crippen LogP contribution in [0, 0.1) is 0 Å². The van der Waals surface area contributed by atoms with Gasteiger partial charge in [-0.25, -0.2) is 0 Å². The lowest BCUT2D eigenvalue weighted by molar-refractivity contribution is -0.175. The van der Waals surface area contributed by atoms with Gasteiger partial charge in [-0.3, -0.25) is 11.3 Å². The second-order valence-corrected chi connectivity index (χ2v) is 6.14. The molecule has 0 saturated carbocycles. The molecule has 0 fully saturated rings. The van der Waals surface area contributed by atoms with Crippen LogP contribution in [0.15, 0.2) is 24.3 Å². The molecule has 0 amide bonds. The Bertz CT molecular complexity index is 424. The molecule has 0 heterocycles. The number of ether oxygens (including phenoxy) is 1. The molecule has 0 bridgehead atoms. The van der Waals surface area contributed by atoms with Crippen LogP contribution in [-0.4, -0.2) is 25.4 Å². The van der Waals surface area contributed by atoms with Gasteiger partial charge in [0, 0.05) is 6.04 Å². The number of nitrogens with two attached hydrogens (primary N) is 1. The van der Waals surface area contributed by atoms with E-state index in [9.17, 15) is 13.2 Å². The molecule has 120 valence electrons. The highest BCUT2D eigenvalue weighted by atomic mass is 19.4. The van der Waals surface area contributed by atoms with Crippen molar-refractivity contribution in [3.63, 3.8) is 0 Å². The average Bonchev–Trinajstić information content (AvgIpc) is 2.35. The highest BCUT2D eigenvalue weighted by molar-refractivity contribution is 5.27. The monoisotopic (exact) mass is 304 g/mol. The van der Waals surface area contributed by atoms with Crippen molar-refractivity contribution in [1.29, 1.82) is 0 Å². The highest BCUT2D eigenvalue weighted by Gasteiger charge is 2.27. The molecule has 6 heteroatoms. The van der Waals surface area contributed by atoms with Crippen molar-refractivity contribution < 1.29 is 17.9 Å². The Morgan fingerprint density at radius 2 is 1.71 bits per heavy atom. The van der Waals surface area contributed by atoms with Crippen molar-refractivity contribution in [2.75, 3.05) is 13.2 Å². The number of rotatable bonds is 6. The van der Waals surface area contributed by atoms with Gasteiger partial charge in [0.05, 0.1) is 6.61 Å². The minimum absolute atomic E-state index is 0.0693. The summed E-state index contributed by atoms with van der Waals surface area (Å²) < 4.78 is 40.7. The average molecular weight is 304 g/mol. The number of hydrogen-bond donors (Lipinski definition) is 2. The zero-order valence-electron chi connectivity index (χ0n) is 12.6. The van der Waals surface area contributed by atoms with E-state index >= 15 is 0 Å². The second kappa shape index (κ2) is 7.24. The largest absolute Gasteiger partial charge is 0.411 e. The normalized spacial score (nSPS) is 14.2. The topological polar surface area (TPSA) is 47.3 Å². The summed E-state index contributed by atoms with van der Waals surface area (Å²) >= 11 is 0. The molecular formula is C15H23F3N2O. The summed E-state index contributed by atoms with van der Waals surface area (Å²) in [5, 5.41) is 0. The number of halogens is 3. The van der Waals surface area contributed by atoms with E-state index in [1.165, 1.54) is 5.56 Å². The van der Waals surface area contributed by atoms with Crippen LogP contribution in [0.25, 0.3) is 0 Å². The first-order chi connectivity index (χ1) is 9.62. The maximum Gasteiger partial charge on any atom is 0.411 e. The molecular weight excluding hydrogens is 281 g/mol. The molecule has 1 atom stereocenters. The Morgan fingerprint density at radius 3 is 2.14 bits per heavy atom. The fourth-order valence-electron chi connectivity index (χ4n) is 1.91. The summed E-state index contributed by atoms with van der Waals surface area (Å²) in [7, 11) is 0. The molecule has 21 heavy (non-hydrogen) atoms. The van der Waals surface area contributed by atoms with Crippen LogP contribution >= 0.6 is 0 Å². The predicted octanol–water partition coefficient (Wildman–Crippen LogP) is 2.94. The Morgan fingerprint density at radius 1 is 1.14 bits per heavy atom. The molecule has 1 rings (SSSR count). The van der Waals surface area contributed by atoms with Gasteiger partial charge >= 0.3 is 6.18 Å². The molecule has 0 aromatic heterocycles. The molecule has 1 aromatic rings. The molecule has 1 aromatic carbocycles. The van der Waals surface area contributed by atoms with Gasteiger partial charge < -0.3 is 4.74 Å². The van der Waals surface area contributed by atoms with Crippen LogP contribution in [0.3, 0.4) is 0 Å². The lowest BCUT2D eigenvalue weighted by atomic mass is 9.86. The third kappa shape index (κ3) is 6.93. The van der Waals surface area contributed by atoms with Gasteiger partial charge in [0.25, 0.3) is 0 Å². The molecule has 3 nitrogen and oxygen atoms in total. The minimum Gasteiger partial charge on any atom is -0.370 e. The van der Waals surface area contributed by atoms with Crippen molar-refractivity contribution in [3.05, 3.63) is 35.4 Å². The van der Waals surface area contributed by atoms with Crippen LogP contribution in [0.4, 0.5) is 13.2 Å². The van der Waals surface area contributed by atoms with Crippen LogP contribution in [-0.2, 0) is 16.6 Å². The van der Waals surface area contributed by atoms with Gasteiger partial charge in [-0.05, 0) is 23.0 Å². The van der Waals surface area contributed by atoms with Crippen LogP contribution in [0.2, 0.25) is 0 Å². The fourth-order valence-corrected chi connectivity index (χ4v) is 1.91. The fraction of sp³-hybridized carbons (Fsp3) is 0.600. The molecule has 0 radical (unpaired) electrons. The van der Waals surface area contributed by atoms with Crippen molar-refractivity contribution in [1.82, 2.24) is 5.43 Å². The predicted molar refractivity (Wildman–Crippen MR) is 76.8 cm³/mol. The number of nitrogens with one attached hydrogen (secondary N) is 1. The molecule has 0 aliphatic rings. The summed E-state index contributed by atoms with van der Waals surface area (Å²) in [6, 6.07) is 7.63. The Labute approximate surface area is 123 Å². The summed E-state index contributed by atoms with van der Waals surface area (Å²) in [4.78, 5) is 0. The minimum atomic E-state index is -4.31. The standard InChI is InChI=1S/C15H23F3N2O/c1-14(2,3)12-6-4-11(5-7-12)8-13(20-19)9-21-10-15(16,17)18/h4-7,13,20H,8-10,19H2,1-3H3. The van der Waals surface area contributed by atoms with Gasteiger partial charge in [-0.2, -0.15) is 13.2 Å². The zero-order chi connectivity index (χ0) is 16.1. The second-order valence-electron chi connectivity index (χ2n) is 6.14. The van der Waals surface area contributed by atoms with E-state index in [1.807, 2.05) is 24.3 Å². The Balaban J connectivity index is 2.53. The van der Waals surface area contributed by atoms with Crippen molar-refractivity contribution >= 4 is 0 Å². The lowest BCUT2D eigenvalue weighted by Gasteiger charge is -2.20. The zero-order valence-corrected chi connectivity index (χ0v) is 12.6. The SMILES string of the molecule is CC(C)(C)c1ccc(CC(COCC(F)(F)F)NN)cc1. The summed E-state index contributed by atoms with van der Waals surface area (Å²) in [5.74, 6) is 5.36. The number of hydrazine groups is 1. The number of alkyl halides is 3. The van der Waals surface area contributed by atoms with Gasteiger partial charge in [0.1, 0.15) is 6.61 Å². The lowest BCUT2D eigenvalue weighted by Crippen LogP contribution is -2.41. The smallest absolute Gasteiger partial charge is 0.370 e. The highest BCUT2D eigenvalue weighted by Crippen LogP contribution is 2.22. The van der Waals surface area contributed by atoms with Crippen LogP contribution < -0.4 is 11.3 Å². The van der Waals surface area contributed by atoms with Gasteiger partial charge in [0.15, 0.2) is 0 Å². The number of hydrogen-bond acceptors (Lipinski definition) is 3. The number of benzene rings is 1. The summed E-state index contributed by atoms with van der Waals surface area (Å²) in [5.41, 5.74) is 4.77. The van der Waals surface area contributed by atoms with E-state index in [2.05, 4.69) is 30.9 Å². The first kappa shape index (κ1) is 17.9. The Hall–Kier alpha value is -1.11. The molecule has 0 spiro atoms. The van der Waals surface area contributed by atoms with Gasteiger partial charge in [0.2, 0.25) is 0 Å². The first-order valence-electron chi connectivity index (χ1n) is 6.82. The maximum absolute atomic E-state index is 12.0. The van der Waals surface area contributed by atoms with E-state index in [0.29, 0.717) is 6.42 Å². The van der Waals surface area contributed by atoms with E-state index in [4.69, 9.17) is 5.84 Å². The van der Waals surface area contributed by atoms with Crippen LogP contribution in [0.5, 0.6) is 0 Å². The van der Waals surface area contributed by atoms with Crippen molar-refractivity contribution in [3.8, 4) is 0 Å². The molecule has 3 N–H and O–H groups in total. The van der Waals surface area contributed by atoms with E-state index < -0.39 is 12.8 Å². The third-order valence-electron chi connectivity index (χ3n) is 3.12. The third-order valence-corrected chi connectivity index (χ3v) is 3.12.